The molecule has 0 aliphatic rings. The first-order chi connectivity index (χ1) is 11.1. The average molecular weight is 333 g/mol. The second-order valence-electron chi connectivity index (χ2n) is 5.35. The minimum Gasteiger partial charge on any atom is -0.481 e. The summed E-state index contributed by atoms with van der Waals surface area (Å²) in [5.74, 6) is 0.613. The number of aromatic nitrogens is 2. The second kappa shape index (κ2) is 8.62. The highest BCUT2D eigenvalue weighted by atomic mass is 32.2. The Morgan fingerprint density at radius 3 is 2.74 bits per heavy atom. The van der Waals surface area contributed by atoms with Crippen LogP contribution in [0.25, 0.3) is 0 Å². The molecule has 0 saturated carbocycles. The number of aromatic amines is 1. The van der Waals surface area contributed by atoms with Gasteiger partial charge in [-0.05, 0) is 62.8 Å². The molecule has 0 saturated heterocycles. The summed E-state index contributed by atoms with van der Waals surface area (Å²) >= 11 is 1.67. The summed E-state index contributed by atoms with van der Waals surface area (Å²) in [4.78, 5) is 13.2. The smallest absolute Gasteiger partial charge is 0.260 e. The molecule has 1 aromatic carbocycles. The fourth-order valence-corrected chi connectivity index (χ4v) is 2.58. The standard InChI is InChI=1S/C17H23N3O2S/c1-12-14(11-19-20-12)5-4-10-18-17(21)13(2)22-15-6-8-16(23-3)9-7-15/h6-9,11,13H,4-5,10H2,1-3H3,(H,18,21)(H,19,20)/t13-/m0/s1. The number of hydrogen-bond donors (Lipinski definition) is 2. The van der Waals surface area contributed by atoms with Gasteiger partial charge in [0, 0.05) is 17.1 Å². The third kappa shape index (κ3) is 5.32. The maximum atomic E-state index is 12.0. The van der Waals surface area contributed by atoms with Crippen LogP contribution >= 0.6 is 11.8 Å². The molecular formula is C17H23N3O2S. The highest BCUT2D eigenvalue weighted by molar-refractivity contribution is 7.98. The normalized spacial score (nSPS) is 12.0. The molecule has 2 aromatic rings. The molecule has 124 valence electrons. The van der Waals surface area contributed by atoms with Gasteiger partial charge in [-0.3, -0.25) is 9.89 Å². The third-order valence-corrected chi connectivity index (χ3v) is 4.34. The van der Waals surface area contributed by atoms with Gasteiger partial charge in [-0.2, -0.15) is 5.10 Å². The molecule has 0 bridgehead atoms. The van der Waals surface area contributed by atoms with E-state index in [4.69, 9.17) is 4.74 Å². The van der Waals surface area contributed by atoms with E-state index in [-0.39, 0.29) is 5.91 Å². The van der Waals surface area contributed by atoms with Crippen molar-refractivity contribution in [2.75, 3.05) is 12.8 Å². The van der Waals surface area contributed by atoms with Crippen molar-refractivity contribution in [2.24, 2.45) is 0 Å². The van der Waals surface area contributed by atoms with Crippen molar-refractivity contribution in [1.82, 2.24) is 15.5 Å². The number of carbonyl (C=O) groups excluding carboxylic acids is 1. The fourth-order valence-electron chi connectivity index (χ4n) is 2.17. The van der Waals surface area contributed by atoms with E-state index in [1.807, 2.05) is 43.6 Å². The fraction of sp³-hybridized carbons (Fsp3) is 0.412. The monoisotopic (exact) mass is 333 g/mol. The van der Waals surface area contributed by atoms with Crippen LogP contribution in [0.2, 0.25) is 0 Å². The van der Waals surface area contributed by atoms with Gasteiger partial charge < -0.3 is 10.1 Å². The highest BCUT2D eigenvalue weighted by Crippen LogP contribution is 2.19. The molecule has 23 heavy (non-hydrogen) atoms. The Labute approximate surface area is 141 Å². The van der Waals surface area contributed by atoms with Crippen molar-refractivity contribution in [2.45, 2.75) is 37.7 Å². The van der Waals surface area contributed by atoms with Gasteiger partial charge in [0.2, 0.25) is 0 Å². The van der Waals surface area contributed by atoms with Crippen LogP contribution < -0.4 is 10.1 Å². The summed E-state index contributed by atoms with van der Waals surface area (Å²) in [5, 5.41) is 9.81. The summed E-state index contributed by atoms with van der Waals surface area (Å²) in [6.07, 6.45) is 5.12. The number of ether oxygens (including phenoxy) is 1. The van der Waals surface area contributed by atoms with Crippen LogP contribution in [0.15, 0.2) is 35.4 Å². The Morgan fingerprint density at radius 1 is 1.39 bits per heavy atom. The maximum Gasteiger partial charge on any atom is 0.260 e. The molecule has 1 amide bonds. The van der Waals surface area contributed by atoms with Crippen LogP contribution in [0.3, 0.4) is 0 Å². The molecule has 1 heterocycles. The molecule has 1 atom stereocenters. The molecule has 6 heteroatoms. The quantitative estimate of drug-likeness (QED) is 0.576. The molecule has 0 unspecified atom stereocenters. The number of hydrogen-bond acceptors (Lipinski definition) is 4. The van der Waals surface area contributed by atoms with Gasteiger partial charge in [-0.25, -0.2) is 0 Å². The van der Waals surface area contributed by atoms with Crippen molar-refractivity contribution in [3.63, 3.8) is 0 Å². The topological polar surface area (TPSA) is 67.0 Å². The third-order valence-electron chi connectivity index (χ3n) is 3.60. The minimum absolute atomic E-state index is 0.0946. The predicted molar refractivity (Wildman–Crippen MR) is 93.0 cm³/mol. The number of carbonyl (C=O) groups is 1. The molecular weight excluding hydrogens is 310 g/mol. The number of nitrogens with zero attached hydrogens (tertiary/aromatic N) is 1. The van der Waals surface area contributed by atoms with E-state index in [0.29, 0.717) is 12.3 Å². The molecule has 2 N–H and O–H groups in total. The molecule has 1 aromatic heterocycles. The first-order valence-corrected chi connectivity index (χ1v) is 8.90. The Bertz CT molecular complexity index is 625. The van der Waals surface area contributed by atoms with Gasteiger partial charge in [-0.15, -0.1) is 11.8 Å². The van der Waals surface area contributed by atoms with Crippen molar-refractivity contribution < 1.29 is 9.53 Å². The van der Waals surface area contributed by atoms with E-state index in [1.54, 1.807) is 18.7 Å². The molecule has 5 nitrogen and oxygen atoms in total. The maximum absolute atomic E-state index is 12.0. The number of benzene rings is 1. The van der Waals surface area contributed by atoms with Gasteiger partial charge in [0.05, 0.1) is 6.20 Å². The van der Waals surface area contributed by atoms with Crippen LogP contribution in [-0.2, 0) is 11.2 Å². The molecule has 2 rings (SSSR count). The van der Waals surface area contributed by atoms with E-state index >= 15 is 0 Å². The first-order valence-electron chi connectivity index (χ1n) is 7.67. The van der Waals surface area contributed by atoms with E-state index in [0.717, 1.165) is 18.5 Å². The number of rotatable bonds is 8. The van der Waals surface area contributed by atoms with E-state index < -0.39 is 6.10 Å². The van der Waals surface area contributed by atoms with Crippen LogP contribution in [0.1, 0.15) is 24.6 Å². The average Bonchev–Trinajstić information content (AvgIpc) is 2.97. The lowest BCUT2D eigenvalue weighted by Crippen LogP contribution is -2.36. The van der Waals surface area contributed by atoms with E-state index in [9.17, 15) is 4.79 Å². The van der Waals surface area contributed by atoms with E-state index in [1.165, 1.54) is 10.5 Å². The highest BCUT2D eigenvalue weighted by Gasteiger charge is 2.14. The van der Waals surface area contributed by atoms with Crippen molar-refractivity contribution in [1.29, 1.82) is 0 Å². The zero-order valence-electron chi connectivity index (χ0n) is 13.8. The number of amides is 1. The zero-order chi connectivity index (χ0) is 16.7. The molecule has 0 radical (unpaired) electrons. The predicted octanol–water partition coefficient (Wildman–Crippen LogP) is 2.96. The minimum atomic E-state index is -0.509. The van der Waals surface area contributed by atoms with Gasteiger partial charge >= 0.3 is 0 Å². The van der Waals surface area contributed by atoms with Crippen molar-refractivity contribution in [3.8, 4) is 5.75 Å². The molecule has 0 fully saturated rings. The summed E-state index contributed by atoms with van der Waals surface area (Å²) in [5.41, 5.74) is 2.28. The molecule has 0 spiro atoms. The van der Waals surface area contributed by atoms with Gasteiger partial charge in [-0.1, -0.05) is 0 Å². The zero-order valence-corrected chi connectivity index (χ0v) is 14.6. The van der Waals surface area contributed by atoms with Crippen LogP contribution in [-0.4, -0.2) is 35.0 Å². The lowest BCUT2D eigenvalue weighted by atomic mass is 10.1. The second-order valence-corrected chi connectivity index (χ2v) is 6.23. The first kappa shape index (κ1) is 17.4. The SMILES string of the molecule is CSc1ccc(O[C@@H](C)C(=O)NCCCc2cn[nH]c2C)cc1. The Morgan fingerprint density at radius 2 is 2.13 bits per heavy atom. The van der Waals surface area contributed by atoms with Crippen LogP contribution in [0.5, 0.6) is 5.75 Å². The summed E-state index contributed by atoms with van der Waals surface area (Å²) in [6.45, 7) is 4.39. The van der Waals surface area contributed by atoms with Crippen molar-refractivity contribution >= 4 is 17.7 Å². The molecule has 0 aliphatic carbocycles. The summed E-state index contributed by atoms with van der Waals surface area (Å²) in [7, 11) is 0. The lowest BCUT2D eigenvalue weighted by Gasteiger charge is -2.15. The van der Waals surface area contributed by atoms with Crippen LogP contribution in [0.4, 0.5) is 0 Å². The number of H-pyrrole nitrogens is 1. The van der Waals surface area contributed by atoms with E-state index in [2.05, 4.69) is 15.5 Å². The summed E-state index contributed by atoms with van der Waals surface area (Å²) < 4.78 is 5.66. The van der Waals surface area contributed by atoms with Gasteiger partial charge in [0.25, 0.3) is 5.91 Å². The molecule has 0 aliphatic heterocycles. The number of aryl methyl sites for hydroxylation is 2. The number of thioether (sulfide) groups is 1. The van der Waals surface area contributed by atoms with Crippen molar-refractivity contribution in [3.05, 3.63) is 41.7 Å². The van der Waals surface area contributed by atoms with Gasteiger partial charge in [0.1, 0.15) is 5.75 Å². The number of nitrogens with one attached hydrogen (secondary N) is 2. The summed E-state index contributed by atoms with van der Waals surface area (Å²) in [6, 6.07) is 7.74. The Hall–Kier alpha value is -1.95. The van der Waals surface area contributed by atoms with Gasteiger partial charge in [0.15, 0.2) is 6.10 Å². The van der Waals surface area contributed by atoms with Crippen LogP contribution in [0, 0.1) is 6.92 Å². The Kier molecular flexibility index (Phi) is 6.52. The largest absolute Gasteiger partial charge is 0.481 e. The lowest BCUT2D eigenvalue weighted by molar-refractivity contribution is -0.127. The Balaban J connectivity index is 1.70.